The minimum absolute atomic E-state index is 0.0830. The fourth-order valence-electron chi connectivity index (χ4n) is 1.92. The predicted molar refractivity (Wildman–Crippen MR) is 78.7 cm³/mol. The lowest BCUT2D eigenvalue weighted by Crippen LogP contribution is -2.40. The number of hydrogen-bond donors (Lipinski definition) is 2. The number of aliphatic carboxylic acids is 1. The molecule has 20 heavy (non-hydrogen) atoms. The van der Waals surface area contributed by atoms with Crippen molar-refractivity contribution in [3.05, 3.63) is 34.9 Å². The van der Waals surface area contributed by atoms with Crippen LogP contribution >= 0.6 is 11.6 Å². The molecule has 0 aromatic heterocycles. The van der Waals surface area contributed by atoms with Crippen molar-refractivity contribution >= 4 is 23.5 Å². The first-order valence-electron chi connectivity index (χ1n) is 6.60. The molecule has 1 aromatic carbocycles. The van der Waals surface area contributed by atoms with Crippen LogP contribution < -0.4 is 5.32 Å². The molecule has 0 aliphatic heterocycles. The van der Waals surface area contributed by atoms with Crippen molar-refractivity contribution in [3.63, 3.8) is 0 Å². The van der Waals surface area contributed by atoms with E-state index in [1.807, 2.05) is 32.0 Å². The number of rotatable bonds is 7. The van der Waals surface area contributed by atoms with E-state index >= 15 is 0 Å². The second-order valence-electron chi connectivity index (χ2n) is 5.28. The van der Waals surface area contributed by atoms with Gasteiger partial charge in [0, 0.05) is 17.9 Å². The topological polar surface area (TPSA) is 66.4 Å². The molecule has 1 rings (SSSR count). The number of benzene rings is 1. The molecule has 0 bridgehead atoms. The van der Waals surface area contributed by atoms with Crippen LogP contribution in [0.2, 0.25) is 5.02 Å². The zero-order valence-corrected chi connectivity index (χ0v) is 12.5. The van der Waals surface area contributed by atoms with Gasteiger partial charge in [0.2, 0.25) is 5.91 Å². The lowest BCUT2D eigenvalue weighted by molar-refractivity contribution is -0.137. The highest BCUT2D eigenvalue weighted by atomic mass is 35.5. The van der Waals surface area contributed by atoms with Gasteiger partial charge in [-0.15, -0.1) is 0 Å². The average Bonchev–Trinajstić information content (AvgIpc) is 2.34. The Balaban J connectivity index is 2.49. The maximum absolute atomic E-state index is 11.9. The molecule has 0 aliphatic rings. The maximum Gasteiger partial charge on any atom is 0.303 e. The largest absolute Gasteiger partial charge is 0.481 e. The van der Waals surface area contributed by atoms with Crippen molar-refractivity contribution in [2.45, 2.75) is 45.1 Å². The quantitative estimate of drug-likeness (QED) is 0.759. The molecule has 0 aliphatic carbocycles. The third-order valence-electron chi connectivity index (χ3n) is 3.04. The summed E-state index contributed by atoms with van der Waals surface area (Å²) in [6, 6.07) is 7.37. The van der Waals surface area contributed by atoms with Gasteiger partial charge in [-0.2, -0.15) is 0 Å². The number of nitrogens with one attached hydrogen (secondary N) is 1. The summed E-state index contributed by atoms with van der Waals surface area (Å²) in [6.07, 6.45) is 1.52. The van der Waals surface area contributed by atoms with Crippen molar-refractivity contribution in [3.8, 4) is 0 Å². The lowest BCUT2D eigenvalue weighted by atomic mass is 9.94. The normalized spacial score (nSPS) is 11.2. The first-order valence-corrected chi connectivity index (χ1v) is 6.98. The molecule has 5 heteroatoms. The number of carbonyl (C=O) groups excluding carboxylic acids is 1. The highest BCUT2D eigenvalue weighted by Crippen LogP contribution is 2.23. The van der Waals surface area contributed by atoms with E-state index < -0.39 is 11.5 Å². The molecular weight excluding hydrogens is 278 g/mol. The average molecular weight is 298 g/mol. The fraction of sp³-hybridized carbons (Fsp3) is 0.467. The molecular formula is C15H20ClNO3. The standard InChI is InChI=1S/C15H20ClNO3/c1-15(2,11-6-5-7-12(16)10-11)17-13(18)8-3-4-9-14(19)20/h5-7,10H,3-4,8-9H2,1-2H3,(H,17,18)(H,19,20). The van der Waals surface area contributed by atoms with Gasteiger partial charge in [-0.05, 0) is 44.4 Å². The van der Waals surface area contributed by atoms with Gasteiger partial charge in [-0.3, -0.25) is 9.59 Å². The molecule has 0 saturated heterocycles. The lowest BCUT2D eigenvalue weighted by Gasteiger charge is -2.27. The monoisotopic (exact) mass is 297 g/mol. The third kappa shape index (κ3) is 5.61. The molecule has 0 atom stereocenters. The van der Waals surface area contributed by atoms with Crippen LogP contribution in [-0.2, 0) is 15.1 Å². The Hall–Kier alpha value is -1.55. The SMILES string of the molecule is CC(C)(NC(=O)CCCCC(=O)O)c1cccc(Cl)c1. The highest BCUT2D eigenvalue weighted by molar-refractivity contribution is 6.30. The number of carbonyl (C=O) groups is 2. The summed E-state index contributed by atoms with van der Waals surface area (Å²) in [7, 11) is 0. The van der Waals surface area contributed by atoms with E-state index in [1.54, 1.807) is 6.07 Å². The predicted octanol–water partition coefficient (Wildman–Crippen LogP) is 3.34. The van der Waals surface area contributed by atoms with E-state index in [4.69, 9.17) is 16.7 Å². The summed E-state index contributed by atoms with van der Waals surface area (Å²) in [5.74, 6) is -0.912. The van der Waals surface area contributed by atoms with Crippen molar-refractivity contribution in [2.75, 3.05) is 0 Å². The van der Waals surface area contributed by atoms with E-state index in [9.17, 15) is 9.59 Å². The first kappa shape index (κ1) is 16.5. The van der Waals surface area contributed by atoms with Crippen LogP contribution in [0.25, 0.3) is 0 Å². The van der Waals surface area contributed by atoms with Gasteiger partial charge in [-0.1, -0.05) is 23.7 Å². The minimum Gasteiger partial charge on any atom is -0.481 e. The summed E-state index contributed by atoms with van der Waals surface area (Å²) in [5, 5.41) is 12.1. The van der Waals surface area contributed by atoms with Crippen molar-refractivity contribution < 1.29 is 14.7 Å². The van der Waals surface area contributed by atoms with Gasteiger partial charge >= 0.3 is 5.97 Å². The number of hydrogen-bond acceptors (Lipinski definition) is 2. The van der Waals surface area contributed by atoms with Crippen LogP contribution in [0.15, 0.2) is 24.3 Å². The molecule has 4 nitrogen and oxygen atoms in total. The third-order valence-corrected chi connectivity index (χ3v) is 3.28. The molecule has 0 unspecified atom stereocenters. The Morgan fingerprint density at radius 1 is 1.25 bits per heavy atom. The second kappa shape index (κ2) is 7.29. The van der Waals surface area contributed by atoms with Crippen LogP contribution in [0.4, 0.5) is 0 Å². The van der Waals surface area contributed by atoms with Crippen LogP contribution in [-0.4, -0.2) is 17.0 Å². The molecule has 2 N–H and O–H groups in total. The van der Waals surface area contributed by atoms with Crippen molar-refractivity contribution in [1.82, 2.24) is 5.32 Å². The Kier molecular flexibility index (Phi) is 6.02. The summed E-state index contributed by atoms with van der Waals surface area (Å²) in [5.41, 5.74) is 0.429. The summed E-state index contributed by atoms with van der Waals surface area (Å²) < 4.78 is 0. The highest BCUT2D eigenvalue weighted by Gasteiger charge is 2.22. The van der Waals surface area contributed by atoms with Crippen molar-refractivity contribution in [1.29, 1.82) is 0 Å². The molecule has 0 radical (unpaired) electrons. The van der Waals surface area contributed by atoms with Crippen LogP contribution in [0, 0.1) is 0 Å². The number of halogens is 1. The number of unbranched alkanes of at least 4 members (excludes halogenated alkanes) is 1. The molecule has 0 fully saturated rings. The van der Waals surface area contributed by atoms with E-state index in [-0.39, 0.29) is 12.3 Å². The molecule has 0 heterocycles. The van der Waals surface area contributed by atoms with Crippen molar-refractivity contribution in [2.24, 2.45) is 0 Å². The summed E-state index contributed by atoms with van der Waals surface area (Å²) in [6.45, 7) is 3.82. The van der Waals surface area contributed by atoms with Gasteiger partial charge in [0.1, 0.15) is 0 Å². The van der Waals surface area contributed by atoms with Crippen LogP contribution in [0.3, 0.4) is 0 Å². The molecule has 1 aromatic rings. The van der Waals surface area contributed by atoms with Crippen LogP contribution in [0.1, 0.15) is 45.1 Å². The number of carboxylic acid groups (broad SMARTS) is 1. The van der Waals surface area contributed by atoms with Crippen LogP contribution in [0.5, 0.6) is 0 Å². The van der Waals surface area contributed by atoms with Gasteiger partial charge in [0.05, 0.1) is 5.54 Å². The Morgan fingerprint density at radius 3 is 2.50 bits per heavy atom. The smallest absolute Gasteiger partial charge is 0.303 e. The zero-order valence-electron chi connectivity index (χ0n) is 11.8. The van der Waals surface area contributed by atoms with Gasteiger partial charge in [-0.25, -0.2) is 0 Å². The molecule has 1 amide bonds. The number of carboxylic acids is 1. The van der Waals surface area contributed by atoms with E-state index in [0.29, 0.717) is 24.3 Å². The Labute approximate surface area is 124 Å². The summed E-state index contributed by atoms with van der Waals surface area (Å²) >= 11 is 5.95. The van der Waals surface area contributed by atoms with Gasteiger partial charge < -0.3 is 10.4 Å². The van der Waals surface area contributed by atoms with Gasteiger partial charge in [0.15, 0.2) is 0 Å². The molecule has 0 saturated carbocycles. The Bertz CT molecular complexity index is 486. The molecule has 110 valence electrons. The van der Waals surface area contributed by atoms with E-state index in [2.05, 4.69) is 5.32 Å². The fourth-order valence-corrected chi connectivity index (χ4v) is 2.11. The van der Waals surface area contributed by atoms with Gasteiger partial charge in [0.25, 0.3) is 0 Å². The zero-order chi connectivity index (χ0) is 15.2. The van der Waals surface area contributed by atoms with E-state index in [1.165, 1.54) is 0 Å². The second-order valence-corrected chi connectivity index (χ2v) is 5.72. The summed E-state index contributed by atoms with van der Waals surface area (Å²) in [4.78, 5) is 22.2. The first-order chi connectivity index (χ1) is 9.31. The Morgan fingerprint density at radius 2 is 1.90 bits per heavy atom. The number of amides is 1. The van der Waals surface area contributed by atoms with E-state index in [0.717, 1.165) is 5.56 Å². The minimum atomic E-state index is -0.829. The maximum atomic E-state index is 11.9. The molecule has 0 spiro atoms.